The van der Waals surface area contributed by atoms with Crippen LogP contribution in [0.3, 0.4) is 0 Å². The lowest BCUT2D eigenvalue weighted by Gasteiger charge is -2.62. The van der Waals surface area contributed by atoms with Crippen LogP contribution in [-0.4, -0.2) is 57.0 Å². The van der Waals surface area contributed by atoms with Gasteiger partial charge in [-0.15, -0.1) is 0 Å². The number of nitrogens with one attached hydrogen (secondary N) is 1. The lowest BCUT2D eigenvalue weighted by Crippen LogP contribution is -2.75. The number of halogens is 1. The number of hydrogen-bond acceptors (Lipinski definition) is 7. The Morgan fingerprint density at radius 2 is 2.05 bits per heavy atom. The second-order valence-corrected chi connectivity index (χ2v) is 11.5. The normalized spacial score (nSPS) is 30.6. The first-order valence-electron chi connectivity index (χ1n) is 12.7. The molecule has 0 radical (unpaired) electrons. The van der Waals surface area contributed by atoms with Gasteiger partial charge in [-0.05, 0) is 68.0 Å². The number of likely N-dealkylation sites (tertiary alicyclic amines) is 1. The summed E-state index contributed by atoms with van der Waals surface area (Å²) in [6, 6.07) is 9.81. The molecule has 0 unspecified atom stereocenters. The first-order valence-corrected chi connectivity index (χ1v) is 13.1. The van der Waals surface area contributed by atoms with E-state index >= 15 is 0 Å². The minimum absolute atomic E-state index is 0. The van der Waals surface area contributed by atoms with Crippen molar-refractivity contribution in [3.8, 4) is 17.6 Å². The van der Waals surface area contributed by atoms with Gasteiger partial charge in [0.2, 0.25) is 0 Å². The van der Waals surface area contributed by atoms with Crippen LogP contribution in [0.1, 0.15) is 49.8 Å². The number of carbonyl (C=O) groups is 1. The Labute approximate surface area is 226 Å². The number of aliphatic hydroxyl groups excluding tert-OH is 1. The van der Waals surface area contributed by atoms with Crippen LogP contribution in [0.5, 0.6) is 11.5 Å². The molecule has 1 saturated carbocycles. The SMILES string of the molecule is C.N#Cc1cc(Cl)ccc1NC(=O)C1=C(O)[C@@H]2Oc3c(O)ccc4c3[C@@]23CCN(CC2CC2)[C@H](C4)[C@]3(O)C1. The molecule has 8 nitrogen and oxygen atoms in total. The number of phenols is 1. The molecule has 38 heavy (non-hydrogen) atoms. The van der Waals surface area contributed by atoms with E-state index in [0.717, 1.165) is 24.2 Å². The first-order chi connectivity index (χ1) is 17.8. The van der Waals surface area contributed by atoms with E-state index in [2.05, 4.69) is 10.2 Å². The number of amides is 1. The zero-order chi connectivity index (χ0) is 25.7. The van der Waals surface area contributed by atoms with Gasteiger partial charge in [0, 0.05) is 29.6 Å². The minimum Gasteiger partial charge on any atom is -0.508 e. The summed E-state index contributed by atoms with van der Waals surface area (Å²) in [6.07, 6.45) is 2.40. The molecule has 4 N–H and O–H groups in total. The number of aromatic hydroxyl groups is 1. The quantitative estimate of drug-likeness (QED) is 0.462. The van der Waals surface area contributed by atoms with E-state index in [4.69, 9.17) is 16.3 Å². The average molecular weight is 536 g/mol. The molecule has 5 aliphatic rings. The summed E-state index contributed by atoms with van der Waals surface area (Å²) < 4.78 is 6.22. The Morgan fingerprint density at radius 1 is 1.26 bits per heavy atom. The molecule has 1 amide bonds. The number of aliphatic hydroxyl groups is 2. The number of nitrogens with zero attached hydrogens (tertiary/aromatic N) is 2. The van der Waals surface area contributed by atoms with Crippen LogP contribution < -0.4 is 10.1 Å². The maximum absolute atomic E-state index is 13.6. The predicted octanol–water partition coefficient (Wildman–Crippen LogP) is 4.18. The van der Waals surface area contributed by atoms with Gasteiger partial charge in [-0.3, -0.25) is 9.69 Å². The summed E-state index contributed by atoms with van der Waals surface area (Å²) in [5.74, 6) is 0.0122. The van der Waals surface area contributed by atoms with E-state index in [0.29, 0.717) is 23.8 Å². The van der Waals surface area contributed by atoms with Gasteiger partial charge in [-0.2, -0.15) is 5.26 Å². The lowest BCUT2D eigenvalue weighted by molar-refractivity contribution is -0.172. The molecule has 0 aromatic heterocycles. The molecule has 4 atom stereocenters. The van der Waals surface area contributed by atoms with Crippen LogP contribution >= 0.6 is 11.6 Å². The van der Waals surface area contributed by atoms with Crippen LogP contribution in [0.2, 0.25) is 5.02 Å². The van der Waals surface area contributed by atoms with E-state index in [1.54, 1.807) is 12.1 Å². The maximum atomic E-state index is 13.6. The van der Waals surface area contributed by atoms with E-state index in [1.165, 1.54) is 25.0 Å². The van der Waals surface area contributed by atoms with Gasteiger partial charge in [0.1, 0.15) is 11.8 Å². The molecule has 2 bridgehead atoms. The van der Waals surface area contributed by atoms with Crippen LogP contribution in [-0.2, 0) is 16.6 Å². The van der Waals surface area contributed by atoms with E-state index < -0.39 is 23.0 Å². The van der Waals surface area contributed by atoms with E-state index in [1.807, 2.05) is 12.1 Å². The largest absolute Gasteiger partial charge is 0.508 e. The van der Waals surface area contributed by atoms with E-state index in [9.17, 15) is 25.4 Å². The summed E-state index contributed by atoms with van der Waals surface area (Å²) in [5, 5.41) is 47.4. The number of anilines is 1. The summed E-state index contributed by atoms with van der Waals surface area (Å²) in [5.41, 5.74) is -0.116. The van der Waals surface area contributed by atoms with Gasteiger partial charge in [0.25, 0.3) is 5.91 Å². The van der Waals surface area contributed by atoms with Crippen LogP contribution in [0.15, 0.2) is 41.7 Å². The number of nitriles is 1. The van der Waals surface area contributed by atoms with Gasteiger partial charge in [0.05, 0.1) is 27.8 Å². The molecule has 2 aliphatic heterocycles. The molecular weight excluding hydrogens is 506 g/mol. The third kappa shape index (κ3) is 3.19. The molecule has 2 aromatic carbocycles. The number of phenolic OH excluding ortho intramolecular Hbond substituents is 1. The van der Waals surface area contributed by atoms with Crippen LogP contribution in [0.4, 0.5) is 5.69 Å². The second kappa shape index (κ2) is 8.37. The summed E-state index contributed by atoms with van der Waals surface area (Å²) in [6.45, 7) is 1.63. The van der Waals surface area contributed by atoms with Crippen molar-refractivity contribution < 1.29 is 24.9 Å². The van der Waals surface area contributed by atoms with Crippen LogP contribution in [0.25, 0.3) is 0 Å². The smallest absolute Gasteiger partial charge is 0.255 e. The molecular formula is C29H30ClN3O5. The molecule has 1 saturated heterocycles. The number of hydrogen-bond donors (Lipinski definition) is 4. The van der Waals surface area contributed by atoms with Crippen LogP contribution in [0, 0.1) is 17.2 Å². The summed E-state index contributed by atoms with van der Waals surface area (Å²) in [7, 11) is 0. The molecule has 198 valence electrons. The molecule has 2 aromatic rings. The lowest BCUT2D eigenvalue weighted by atomic mass is 9.49. The highest BCUT2D eigenvalue weighted by atomic mass is 35.5. The van der Waals surface area contributed by atoms with Gasteiger partial charge >= 0.3 is 0 Å². The standard InChI is InChI=1S/C28H26ClN3O5.CH4/c29-17-4-5-19(16(9-17)12-30)31-26(35)18-11-28(36)21-10-15-3-6-20(33)24-22(15)27(28,25(37-24)23(18)34)7-8-32(21)13-14-1-2-14;/h3-6,9,14,21,25,33-34,36H,1-2,7-8,10-11,13H2,(H,31,35);1H4/t21-,25+,27+,28-;/m1./s1. The molecule has 1 spiro atoms. The zero-order valence-electron chi connectivity index (χ0n) is 20.0. The van der Waals surface area contributed by atoms with Crippen molar-refractivity contribution in [3.05, 3.63) is 63.4 Å². The number of piperidine rings is 1. The van der Waals surface area contributed by atoms with Crippen molar-refractivity contribution in [2.45, 2.75) is 62.7 Å². The van der Waals surface area contributed by atoms with Gasteiger partial charge in [-0.1, -0.05) is 25.1 Å². The topological polar surface area (TPSA) is 126 Å². The molecule has 7 rings (SSSR count). The number of rotatable bonds is 4. The third-order valence-electron chi connectivity index (χ3n) is 9.14. The number of benzene rings is 2. The summed E-state index contributed by atoms with van der Waals surface area (Å²) >= 11 is 6.00. The fraction of sp³-hybridized carbons (Fsp3) is 0.448. The fourth-order valence-corrected chi connectivity index (χ4v) is 7.46. The van der Waals surface area contributed by atoms with Crippen molar-refractivity contribution in [3.63, 3.8) is 0 Å². The molecule has 3 aliphatic carbocycles. The highest BCUT2D eigenvalue weighted by molar-refractivity contribution is 6.30. The molecule has 2 fully saturated rings. The molecule has 2 heterocycles. The number of ether oxygens (including phenoxy) is 1. The summed E-state index contributed by atoms with van der Waals surface area (Å²) in [4.78, 5) is 15.9. The Bertz CT molecular complexity index is 1450. The van der Waals surface area contributed by atoms with Crippen molar-refractivity contribution >= 4 is 23.2 Å². The van der Waals surface area contributed by atoms with E-state index in [-0.39, 0.29) is 54.0 Å². The van der Waals surface area contributed by atoms with Gasteiger partial charge < -0.3 is 25.4 Å². The number of carbonyl (C=O) groups excluding carboxylic acids is 1. The Hall–Kier alpha value is -3.25. The van der Waals surface area contributed by atoms with Crippen molar-refractivity contribution in [1.29, 1.82) is 5.26 Å². The first kappa shape index (κ1) is 25.1. The Morgan fingerprint density at radius 3 is 2.79 bits per heavy atom. The fourth-order valence-electron chi connectivity index (χ4n) is 7.28. The van der Waals surface area contributed by atoms with Crippen molar-refractivity contribution in [2.24, 2.45) is 5.92 Å². The monoisotopic (exact) mass is 535 g/mol. The highest BCUT2D eigenvalue weighted by Crippen LogP contribution is 2.66. The Balaban J connectivity index is 0.00000264. The minimum atomic E-state index is -1.40. The van der Waals surface area contributed by atoms with Crippen molar-refractivity contribution in [2.75, 3.05) is 18.4 Å². The van der Waals surface area contributed by atoms with Gasteiger partial charge in [0.15, 0.2) is 17.6 Å². The highest BCUT2D eigenvalue weighted by Gasteiger charge is 2.73. The zero-order valence-corrected chi connectivity index (χ0v) is 20.8. The maximum Gasteiger partial charge on any atom is 0.255 e. The predicted molar refractivity (Wildman–Crippen MR) is 141 cm³/mol. The third-order valence-corrected chi connectivity index (χ3v) is 9.38. The second-order valence-electron chi connectivity index (χ2n) is 11.0. The van der Waals surface area contributed by atoms with Crippen molar-refractivity contribution in [1.82, 2.24) is 4.90 Å². The Kier molecular flexibility index (Phi) is 5.52. The molecule has 9 heteroatoms. The average Bonchev–Trinajstić information content (AvgIpc) is 3.62. The van der Waals surface area contributed by atoms with Gasteiger partial charge in [-0.25, -0.2) is 0 Å².